The number of halogens is 2. The first-order valence-electron chi connectivity index (χ1n) is 8.08. The van der Waals surface area contributed by atoms with Crippen LogP contribution in [0.5, 0.6) is 0 Å². The fourth-order valence-corrected chi connectivity index (χ4v) is 3.27. The van der Waals surface area contributed by atoms with Crippen molar-refractivity contribution in [3.8, 4) is 6.07 Å². The number of alkyl halides is 1. The highest BCUT2D eigenvalue weighted by molar-refractivity contribution is 6.29. The van der Waals surface area contributed by atoms with Gasteiger partial charge in [-0.25, -0.2) is 9.37 Å². The molecule has 0 bridgehead atoms. The number of hydrogen-bond donors (Lipinski definition) is 0. The third-order valence-electron chi connectivity index (χ3n) is 4.49. The second-order valence-electron chi connectivity index (χ2n) is 6.08. The van der Waals surface area contributed by atoms with E-state index in [0.717, 1.165) is 36.1 Å². The molecule has 2 aromatic rings. The molecule has 1 heterocycles. The zero-order chi connectivity index (χ0) is 18.0. The van der Waals surface area contributed by atoms with Crippen molar-refractivity contribution in [2.45, 2.75) is 32.7 Å². The average Bonchev–Trinajstić information content (AvgIpc) is 3.07. The van der Waals surface area contributed by atoms with Crippen LogP contribution in [0.1, 0.15) is 34.4 Å². The average molecular weight is 358 g/mol. The van der Waals surface area contributed by atoms with Crippen LogP contribution in [0.3, 0.4) is 0 Å². The minimum Gasteiger partial charge on any atom is -0.290 e. The Kier molecular flexibility index (Phi) is 5.00. The Bertz CT molecular complexity index is 855. The number of amides is 1. The van der Waals surface area contributed by atoms with E-state index in [-0.39, 0.29) is 18.2 Å². The second-order valence-corrected chi connectivity index (χ2v) is 6.35. The Morgan fingerprint density at radius 2 is 2.24 bits per heavy atom. The van der Waals surface area contributed by atoms with E-state index in [9.17, 15) is 14.4 Å². The van der Waals surface area contributed by atoms with Crippen LogP contribution in [-0.4, -0.2) is 16.8 Å². The van der Waals surface area contributed by atoms with Crippen LogP contribution in [0, 0.1) is 24.1 Å². The predicted octanol–water partition coefficient (Wildman–Crippen LogP) is 3.66. The molecule has 0 fully saturated rings. The minimum atomic E-state index is -0.411. The van der Waals surface area contributed by atoms with E-state index >= 15 is 0 Å². The monoisotopic (exact) mass is 357 g/mol. The molecular formula is C19H17ClFN3O. The third kappa shape index (κ3) is 3.35. The molecule has 1 aromatic carbocycles. The molecule has 1 aliphatic carbocycles. The number of pyridine rings is 1. The number of anilines is 1. The van der Waals surface area contributed by atoms with Gasteiger partial charge in [0.05, 0.1) is 12.1 Å². The fourth-order valence-electron chi connectivity index (χ4n) is 3.13. The van der Waals surface area contributed by atoms with Crippen molar-refractivity contribution < 1.29 is 9.18 Å². The molecule has 0 atom stereocenters. The van der Waals surface area contributed by atoms with E-state index in [1.54, 1.807) is 25.1 Å². The van der Waals surface area contributed by atoms with E-state index in [1.165, 1.54) is 11.0 Å². The zero-order valence-electron chi connectivity index (χ0n) is 13.9. The first kappa shape index (κ1) is 17.4. The molecule has 0 aliphatic heterocycles. The van der Waals surface area contributed by atoms with Crippen LogP contribution in [-0.2, 0) is 24.2 Å². The van der Waals surface area contributed by atoms with Gasteiger partial charge in [0.15, 0.2) is 5.82 Å². The van der Waals surface area contributed by atoms with Crippen molar-refractivity contribution in [1.82, 2.24) is 4.98 Å². The largest absolute Gasteiger partial charge is 0.290 e. The summed E-state index contributed by atoms with van der Waals surface area (Å²) in [5.41, 5.74) is 3.37. The molecule has 1 amide bonds. The van der Waals surface area contributed by atoms with Gasteiger partial charge in [-0.1, -0.05) is 12.1 Å². The van der Waals surface area contributed by atoms with Gasteiger partial charge in [-0.2, -0.15) is 5.26 Å². The fraction of sp³-hybridized carbons (Fsp3) is 0.316. The van der Waals surface area contributed by atoms with Crippen LogP contribution >= 0.6 is 11.6 Å². The molecule has 6 heteroatoms. The van der Waals surface area contributed by atoms with Gasteiger partial charge >= 0.3 is 0 Å². The number of benzene rings is 1. The van der Waals surface area contributed by atoms with E-state index in [1.807, 2.05) is 0 Å². The van der Waals surface area contributed by atoms with E-state index in [2.05, 4.69) is 11.1 Å². The Morgan fingerprint density at radius 3 is 2.92 bits per heavy atom. The summed E-state index contributed by atoms with van der Waals surface area (Å²) in [6, 6.07) is 8.65. The second kappa shape index (κ2) is 7.20. The molecule has 128 valence electrons. The summed E-state index contributed by atoms with van der Waals surface area (Å²) in [5, 5.41) is 9.49. The van der Waals surface area contributed by atoms with Crippen molar-refractivity contribution >= 4 is 23.3 Å². The number of nitrogens with zero attached hydrogens (tertiary/aromatic N) is 3. The highest BCUT2D eigenvalue weighted by Gasteiger charge is 2.25. The molecule has 3 rings (SSSR count). The summed E-state index contributed by atoms with van der Waals surface area (Å²) in [4.78, 5) is 18.3. The zero-order valence-corrected chi connectivity index (χ0v) is 14.6. The molecule has 0 saturated carbocycles. The Balaban J connectivity index is 2.09. The SMILES string of the molecule is Cc1cccc(F)c1CN(C(=O)CCl)c1nc2c(cc1C#N)CCC2. The molecule has 0 radical (unpaired) electrons. The summed E-state index contributed by atoms with van der Waals surface area (Å²) in [7, 11) is 0. The summed E-state index contributed by atoms with van der Waals surface area (Å²) >= 11 is 5.76. The smallest absolute Gasteiger partial charge is 0.243 e. The van der Waals surface area contributed by atoms with E-state index in [4.69, 9.17) is 11.6 Å². The van der Waals surface area contributed by atoms with Crippen molar-refractivity contribution in [1.29, 1.82) is 5.26 Å². The topological polar surface area (TPSA) is 57.0 Å². The normalized spacial score (nSPS) is 12.6. The summed E-state index contributed by atoms with van der Waals surface area (Å²) in [6.45, 7) is 1.77. The Morgan fingerprint density at radius 1 is 1.44 bits per heavy atom. The molecule has 0 spiro atoms. The van der Waals surface area contributed by atoms with Crippen molar-refractivity contribution in [2.75, 3.05) is 10.8 Å². The van der Waals surface area contributed by atoms with Gasteiger partial charge < -0.3 is 0 Å². The van der Waals surface area contributed by atoms with E-state index < -0.39 is 11.7 Å². The maximum atomic E-state index is 14.2. The van der Waals surface area contributed by atoms with Gasteiger partial charge in [0, 0.05) is 11.3 Å². The van der Waals surface area contributed by atoms with Crippen LogP contribution in [0.4, 0.5) is 10.2 Å². The number of carbonyl (C=O) groups excluding carboxylic acids is 1. The molecule has 4 nitrogen and oxygen atoms in total. The first-order chi connectivity index (χ1) is 12.0. The summed E-state index contributed by atoms with van der Waals surface area (Å²) in [5.74, 6) is -0.813. The standard InChI is InChI=1S/C19H17ClFN3O/c1-12-4-2-6-16(21)15(12)11-24(18(25)9-20)19-14(10-22)8-13-5-3-7-17(13)23-19/h2,4,6,8H,3,5,7,9,11H2,1H3. The van der Waals surface area contributed by atoms with Crippen LogP contribution < -0.4 is 4.90 Å². The highest BCUT2D eigenvalue weighted by Crippen LogP contribution is 2.29. The number of rotatable bonds is 4. The summed E-state index contributed by atoms with van der Waals surface area (Å²) < 4.78 is 14.2. The lowest BCUT2D eigenvalue weighted by Gasteiger charge is -2.24. The van der Waals surface area contributed by atoms with Gasteiger partial charge in [-0.15, -0.1) is 11.6 Å². The van der Waals surface area contributed by atoms with Gasteiger partial charge in [0.2, 0.25) is 5.91 Å². The number of aromatic nitrogens is 1. The van der Waals surface area contributed by atoms with Crippen molar-refractivity contribution in [2.24, 2.45) is 0 Å². The molecule has 0 unspecified atom stereocenters. The quantitative estimate of drug-likeness (QED) is 0.784. The highest BCUT2D eigenvalue weighted by atomic mass is 35.5. The number of nitriles is 1. The lowest BCUT2D eigenvalue weighted by atomic mass is 10.1. The van der Waals surface area contributed by atoms with Crippen molar-refractivity contribution in [3.05, 3.63) is 58.0 Å². The molecular weight excluding hydrogens is 341 g/mol. The van der Waals surface area contributed by atoms with Gasteiger partial charge in [-0.05, 0) is 49.4 Å². The van der Waals surface area contributed by atoms with Gasteiger partial charge in [0.25, 0.3) is 0 Å². The van der Waals surface area contributed by atoms with E-state index in [0.29, 0.717) is 11.1 Å². The maximum absolute atomic E-state index is 14.2. The number of aryl methyl sites for hydroxylation is 3. The molecule has 1 aromatic heterocycles. The Labute approximate surface area is 150 Å². The van der Waals surface area contributed by atoms with Crippen LogP contribution in [0.15, 0.2) is 24.3 Å². The Hall–Kier alpha value is -2.45. The predicted molar refractivity (Wildman–Crippen MR) is 94.0 cm³/mol. The van der Waals surface area contributed by atoms with Crippen LogP contribution in [0.25, 0.3) is 0 Å². The van der Waals surface area contributed by atoms with Gasteiger partial charge in [-0.3, -0.25) is 9.69 Å². The molecule has 25 heavy (non-hydrogen) atoms. The first-order valence-corrected chi connectivity index (χ1v) is 8.61. The lowest BCUT2D eigenvalue weighted by Crippen LogP contribution is -2.33. The molecule has 1 aliphatic rings. The lowest BCUT2D eigenvalue weighted by molar-refractivity contribution is -0.116. The van der Waals surface area contributed by atoms with Gasteiger partial charge in [0.1, 0.15) is 17.8 Å². The third-order valence-corrected chi connectivity index (χ3v) is 4.72. The van der Waals surface area contributed by atoms with Crippen LogP contribution in [0.2, 0.25) is 0 Å². The maximum Gasteiger partial charge on any atom is 0.243 e. The molecule has 0 N–H and O–H groups in total. The number of carbonyl (C=O) groups is 1. The molecule has 0 saturated heterocycles. The number of fused-ring (bicyclic) bond motifs is 1. The minimum absolute atomic E-state index is 0.00940. The van der Waals surface area contributed by atoms with Crippen molar-refractivity contribution in [3.63, 3.8) is 0 Å². The summed E-state index contributed by atoms with van der Waals surface area (Å²) in [6.07, 6.45) is 2.68. The number of hydrogen-bond acceptors (Lipinski definition) is 3.